The minimum absolute atomic E-state index is 0.246. The van der Waals surface area contributed by atoms with Crippen molar-refractivity contribution >= 4 is 16.6 Å². The van der Waals surface area contributed by atoms with Gasteiger partial charge in [-0.25, -0.2) is 4.98 Å². The van der Waals surface area contributed by atoms with Crippen LogP contribution < -0.4 is 10.6 Å². The maximum absolute atomic E-state index is 5.76. The largest absolute Gasteiger partial charge is 0.375 e. The molecule has 2 heterocycles. The molecule has 3 rings (SSSR count). The van der Waals surface area contributed by atoms with E-state index in [1.165, 1.54) is 10.8 Å². The molecule has 1 saturated heterocycles. The standard InChI is InChI=1S/C15H19N3O/c1-11-10-18(6-7-19-11)15-14-5-3-2-4-12(14)8-13(9-16)17-15/h2-5,8,11H,6-7,9-10,16H2,1H3. The molecule has 4 nitrogen and oxygen atoms in total. The van der Waals surface area contributed by atoms with Crippen molar-refractivity contribution in [1.82, 2.24) is 4.98 Å². The zero-order valence-electron chi connectivity index (χ0n) is 11.2. The highest BCUT2D eigenvalue weighted by atomic mass is 16.5. The van der Waals surface area contributed by atoms with Gasteiger partial charge in [0.15, 0.2) is 0 Å². The van der Waals surface area contributed by atoms with E-state index in [-0.39, 0.29) is 6.10 Å². The Morgan fingerprint density at radius 2 is 2.26 bits per heavy atom. The molecule has 1 aromatic heterocycles. The van der Waals surface area contributed by atoms with Crippen LogP contribution in [0, 0.1) is 0 Å². The van der Waals surface area contributed by atoms with Crippen LogP contribution in [0.4, 0.5) is 5.82 Å². The predicted octanol–water partition coefficient (Wildman–Crippen LogP) is 1.92. The molecule has 0 spiro atoms. The summed E-state index contributed by atoms with van der Waals surface area (Å²) in [4.78, 5) is 7.02. The second-order valence-electron chi connectivity index (χ2n) is 4.99. The highest BCUT2D eigenvalue weighted by molar-refractivity contribution is 5.92. The summed E-state index contributed by atoms with van der Waals surface area (Å²) < 4.78 is 5.60. The minimum Gasteiger partial charge on any atom is -0.375 e. The second-order valence-corrected chi connectivity index (χ2v) is 4.99. The molecule has 1 atom stereocenters. The monoisotopic (exact) mass is 257 g/mol. The molecule has 19 heavy (non-hydrogen) atoms. The number of hydrogen-bond donors (Lipinski definition) is 1. The number of aromatic nitrogens is 1. The normalized spacial score (nSPS) is 19.9. The molecular weight excluding hydrogens is 238 g/mol. The third-order valence-electron chi connectivity index (χ3n) is 3.52. The van der Waals surface area contributed by atoms with E-state index in [1.807, 2.05) is 6.07 Å². The fourth-order valence-electron chi connectivity index (χ4n) is 2.59. The first kappa shape index (κ1) is 12.4. The molecular formula is C15H19N3O. The van der Waals surface area contributed by atoms with Gasteiger partial charge in [0.05, 0.1) is 18.4 Å². The SMILES string of the molecule is CC1CN(c2nc(CN)cc3ccccc23)CCO1. The van der Waals surface area contributed by atoms with Crippen LogP contribution in [-0.2, 0) is 11.3 Å². The van der Waals surface area contributed by atoms with Crippen LogP contribution in [0.25, 0.3) is 10.8 Å². The van der Waals surface area contributed by atoms with Gasteiger partial charge in [-0.2, -0.15) is 0 Å². The summed E-state index contributed by atoms with van der Waals surface area (Å²) >= 11 is 0. The van der Waals surface area contributed by atoms with Gasteiger partial charge in [0.25, 0.3) is 0 Å². The fourth-order valence-corrected chi connectivity index (χ4v) is 2.59. The van der Waals surface area contributed by atoms with Crippen molar-refractivity contribution in [1.29, 1.82) is 0 Å². The van der Waals surface area contributed by atoms with E-state index < -0.39 is 0 Å². The van der Waals surface area contributed by atoms with E-state index in [0.717, 1.165) is 31.2 Å². The van der Waals surface area contributed by atoms with Crippen LogP contribution in [0.2, 0.25) is 0 Å². The Balaban J connectivity index is 2.10. The Labute approximate surface area is 113 Å². The number of nitrogens with zero attached hydrogens (tertiary/aromatic N) is 2. The molecule has 1 fully saturated rings. The third kappa shape index (κ3) is 2.41. The zero-order valence-corrected chi connectivity index (χ0v) is 11.2. The van der Waals surface area contributed by atoms with Crippen molar-refractivity contribution in [2.24, 2.45) is 5.73 Å². The molecule has 1 unspecified atom stereocenters. The average molecular weight is 257 g/mol. The van der Waals surface area contributed by atoms with Gasteiger partial charge in [-0.3, -0.25) is 0 Å². The Hall–Kier alpha value is -1.65. The van der Waals surface area contributed by atoms with E-state index in [1.54, 1.807) is 0 Å². The zero-order chi connectivity index (χ0) is 13.2. The van der Waals surface area contributed by atoms with Crippen LogP contribution in [0.15, 0.2) is 30.3 Å². The van der Waals surface area contributed by atoms with Gasteiger partial charge in [0.2, 0.25) is 0 Å². The molecule has 1 aliphatic heterocycles. The van der Waals surface area contributed by atoms with Crippen molar-refractivity contribution < 1.29 is 4.74 Å². The van der Waals surface area contributed by atoms with E-state index in [9.17, 15) is 0 Å². The lowest BCUT2D eigenvalue weighted by Gasteiger charge is -2.33. The van der Waals surface area contributed by atoms with E-state index >= 15 is 0 Å². The number of morpholine rings is 1. The maximum atomic E-state index is 5.76. The number of fused-ring (bicyclic) bond motifs is 1. The second kappa shape index (κ2) is 5.15. The number of rotatable bonds is 2. The Morgan fingerprint density at radius 3 is 3.05 bits per heavy atom. The summed E-state index contributed by atoms with van der Waals surface area (Å²) in [5.74, 6) is 1.04. The van der Waals surface area contributed by atoms with Gasteiger partial charge in [-0.05, 0) is 18.4 Å². The van der Waals surface area contributed by atoms with E-state index in [0.29, 0.717) is 6.54 Å². The van der Waals surface area contributed by atoms with Crippen LogP contribution in [0.3, 0.4) is 0 Å². The summed E-state index contributed by atoms with van der Waals surface area (Å²) in [5.41, 5.74) is 6.70. The molecule has 100 valence electrons. The first-order valence-corrected chi connectivity index (χ1v) is 6.73. The molecule has 2 N–H and O–H groups in total. The summed E-state index contributed by atoms with van der Waals surface area (Å²) in [6.07, 6.45) is 0.246. The maximum Gasteiger partial charge on any atom is 0.136 e. The van der Waals surface area contributed by atoms with E-state index in [2.05, 4.69) is 36.1 Å². The van der Waals surface area contributed by atoms with Gasteiger partial charge in [0.1, 0.15) is 5.82 Å². The highest BCUT2D eigenvalue weighted by Crippen LogP contribution is 2.27. The van der Waals surface area contributed by atoms with Gasteiger partial charge in [0, 0.05) is 25.0 Å². The van der Waals surface area contributed by atoms with Crippen molar-refractivity contribution in [3.63, 3.8) is 0 Å². The smallest absolute Gasteiger partial charge is 0.136 e. The molecule has 4 heteroatoms. The first-order chi connectivity index (χ1) is 9.28. The molecule has 0 bridgehead atoms. The van der Waals surface area contributed by atoms with Crippen LogP contribution in [0.5, 0.6) is 0 Å². The number of ether oxygens (including phenoxy) is 1. The quantitative estimate of drug-likeness (QED) is 0.893. The van der Waals surface area contributed by atoms with Crippen LogP contribution in [-0.4, -0.2) is 30.8 Å². The minimum atomic E-state index is 0.246. The van der Waals surface area contributed by atoms with Gasteiger partial charge in [-0.1, -0.05) is 24.3 Å². The molecule has 0 radical (unpaired) electrons. The van der Waals surface area contributed by atoms with Gasteiger partial charge >= 0.3 is 0 Å². The molecule has 0 amide bonds. The van der Waals surface area contributed by atoms with Crippen LogP contribution in [0.1, 0.15) is 12.6 Å². The number of benzene rings is 1. The summed E-state index contributed by atoms with van der Waals surface area (Å²) in [6, 6.07) is 10.4. The fraction of sp³-hybridized carbons (Fsp3) is 0.400. The highest BCUT2D eigenvalue weighted by Gasteiger charge is 2.20. The molecule has 1 aromatic carbocycles. The van der Waals surface area contributed by atoms with Crippen molar-refractivity contribution in [3.8, 4) is 0 Å². The number of nitrogens with two attached hydrogens (primary N) is 1. The van der Waals surface area contributed by atoms with Gasteiger partial charge in [-0.15, -0.1) is 0 Å². The average Bonchev–Trinajstić information content (AvgIpc) is 2.46. The van der Waals surface area contributed by atoms with Crippen molar-refractivity contribution in [2.75, 3.05) is 24.6 Å². The van der Waals surface area contributed by atoms with Gasteiger partial charge < -0.3 is 15.4 Å². The van der Waals surface area contributed by atoms with E-state index in [4.69, 9.17) is 15.5 Å². The lowest BCUT2D eigenvalue weighted by molar-refractivity contribution is 0.0530. The molecule has 1 aliphatic rings. The lowest BCUT2D eigenvalue weighted by Crippen LogP contribution is -2.41. The molecule has 0 saturated carbocycles. The van der Waals surface area contributed by atoms with Crippen molar-refractivity contribution in [2.45, 2.75) is 19.6 Å². The molecule has 0 aliphatic carbocycles. The third-order valence-corrected chi connectivity index (χ3v) is 3.52. The topological polar surface area (TPSA) is 51.4 Å². The van der Waals surface area contributed by atoms with Crippen molar-refractivity contribution in [3.05, 3.63) is 36.0 Å². The summed E-state index contributed by atoms with van der Waals surface area (Å²) in [7, 11) is 0. The molecule has 2 aromatic rings. The Kier molecular flexibility index (Phi) is 3.36. The Bertz CT molecular complexity index is 585. The number of anilines is 1. The lowest BCUT2D eigenvalue weighted by atomic mass is 10.1. The number of hydrogen-bond acceptors (Lipinski definition) is 4. The summed E-state index contributed by atoms with van der Waals surface area (Å²) in [6.45, 7) is 5.09. The summed E-state index contributed by atoms with van der Waals surface area (Å²) in [5, 5.41) is 2.39. The number of pyridine rings is 1. The van der Waals surface area contributed by atoms with Crippen LogP contribution >= 0.6 is 0 Å². The predicted molar refractivity (Wildman–Crippen MR) is 77.3 cm³/mol. The first-order valence-electron chi connectivity index (χ1n) is 6.73. The Morgan fingerprint density at radius 1 is 1.42 bits per heavy atom.